The van der Waals surface area contributed by atoms with Crippen molar-refractivity contribution < 1.29 is 28.7 Å². The molecule has 8 heteroatoms. The van der Waals surface area contributed by atoms with Crippen LogP contribution in [0.1, 0.15) is 19.8 Å². The molecule has 0 fully saturated rings. The number of nitro benzene ring substituents is 1. The van der Waals surface area contributed by atoms with Crippen LogP contribution in [0.15, 0.2) is 42.5 Å². The molecule has 0 bridgehead atoms. The molecule has 0 saturated heterocycles. The molecule has 2 aromatic rings. The molecule has 0 heterocycles. The zero-order valence-electron chi connectivity index (χ0n) is 15.2. The Bertz CT molecular complexity index is 791. The van der Waals surface area contributed by atoms with Crippen LogP contribution in [0.4, 0.5) is 5.69 Å². The van der Waals surface area contributed by atoms with Crippen LogP contribution in [0.25, 0.3) is 0 Å². The average molecular weight is 375 g/mol. The summed E-state index contributed by atoms with van der Waals surface area (Å²) in [5.41, 5.74) is -0.186. The quantitative estimate of drug-likeness (QED) is 0.205. The Morgan fingerprint density at radius 2 is 1.74 bits per heavy atom. The summed E-state index contributed by atoms with van der Waals surface area (Å²) in [7, 11) is 1.39. The van der Waals surface area contributed by atoms with Crippen LogP contribution in [-0.4, -0.2) is 31.2 Å². The molecule has 0 atom stereocenters. The number of benzene rings is 2. The van der Waals surface area contributed by atoms with Gasteiger partial charge in [0.05, 0.1) is 31.3 Å². The summed E-state index contributed by atoms with van der Waals surface area (Å²) < 4.78 is 21.4. The predicted molar refractivity (Wildman–Crippen MR) is 97.6 cm³/mol. The van der Waals surface area contributed by atoms with Crippen molar-refractivity contribution >= 4 is 11.7 Å². The van der Waals surface area contributed by atoms with Crippen LogP contribution in [0, 0.1) is 10.1 Å². The first-order valence-electron chi connectivity index (χ1n) is 8.43. The second-order valence-corrected chi connectivity index (χ2v) is 5.40. The largest absolute Gasteiger partial charge is 0.493 e. The summed E-state index contributed by atoms with van der Waals surface area (Å²) in [6.45, 7) is 2.71. The van der Waals surface area contributed by atoms with Crippen LogP contribution in [-0.2, 0) is 4.79 Å². The minimum absolute atomic E-state index is 0.0132. The van der Waals surface area contributed by atoms with Gasteiger partial charge in [0, 0.05) is 12.5 Å². The maximum absolute atomic E-state index is 12.0. The van der Waals surface area contributed by atoms with E-state index in [-0.39, 0.29) is 23.6 Å². The molecule has 0 radical (unpaired) electrons. The highest BCUT2D eigenvalue weighted by atomic mass is 16.6. The fraction of sp³-hybridized carbons (Fsp3) is 0.316. The van der Waals surface area contributed by atoms with Crippen LogP contribution < -0.4 is 18.9 Å². The number of rotatable bonds is 10. The highest BCUT2D eigenvalue weighted by Gasteiger charge is 2.15. The van der Waals surface area contributed by atoms with E-state index in [2.05, 4.69) is 0 Å². The molecule has 0 spiro atoms. The molecule has 27 heavy (non-hydrogen) atoms. The first kappa shape index (κ1) is 20.0. The predicted octanol–water partition coefficient (Wildman–Crippen LogP) is 3.77. The molecule has 0 aromatic heterocycles. The molecule has 2 rings (SSSR count). The van der Waals surface area contributed by atoms with Gasteiger partial charge in [0.2, 0.25) is 0 Å². The van der Waals surface area contributed by atoms with E-state index in [0.717, 1.165) is 6.07 Å². The minimum atomic E-state index is -0.569. The Morgan fingerprint density at radius 3 is 2.37 bits per heavy atom. The van der Waals surface area contributed by atoms with Crippen molar-refractivity contribution in [1.29, 1.82) is 0 Å². The van der Waals surface area contributed by atoms with Crippen LogP contribution in [0.3, 0.4) is 0 Å². The van der Waals surface area contributed by atoms with Crippen LogP contribution in [0.2, 0.25) is 0 Å². The van der Waals surface area contributed by atoms with Crippen LogP contribution >= 0.6 is 0 Å². The van der Waals surface area contributed by atoms with Gasteiger partial charge >= 0.3 is 5.97 Å². The summed E-state index contributed by atoms with van der Waals surface area (Å²) in [5.74, 6) is 0.975. The number of hydrogen-bond acceptors (Lipinski definition) is 7. The molecular weight excluding hydrogens is 354 g/mol. The van der Waals surface area contributed by atoms with Crippen molar-refractivity contribution in [2.75, 3.05) is 20.3 Å². The van der Waals surface area contributed by atoms with Gasteiger partial charge in [-0.25, -0.2) is 0 Å². The van der Waals surface area contributed by atoms with Gasteiger partial charge in [0.25, 0.3) is 5.69 Å². The van der Waals surface area contributed by atoms with E-state index in [9.17, 15) is 14.9 Å². The summed E-state index contributed by atoms with van der Waals surface area (Å²) in [6, 6.07) is 11.1. The lowest BCUT2D eigenvalue weighted by Gasteiger charge is -2.11. The minimum Gasteiger partial charge on any atom is -0.493 e. The van der Waals surface area contributed by atoms with E-state index in [0.29, 0.717) is 31.1 Å². The Hall–Kier alpha value is -3.29. The first-order chi connectivity index (χ1) is 13.0. The second kappa shape index (κ2) is 10.0. The standard InChI is InChI=1S/C19H21NO7/c1-3-25-16-7-4-5-8-17(16)26-12-6-9-19(21)27-18-13-14(20(22)23)10-11-15(18)24-2/h4-5,7-8,10-11,13H,3,6,9,12H2,1-2H3. The maximum atomic E-state index is 12.0. The lowest BCUT2D eigenvalue weighted by molar-refractivity contribution is -0.384. The van der Waals surface area contributed by atoms with Crippen molar-refractivity contribution in [3.05, 3.63) is 52.6 Å². The fourth-order valence-electron chi connectivity index (χ4n) is 2.28. The highest BCUT2D eigenvalue weighted by molar-refractivity contribution is 5.73. The molecule has 0 saturated carbocycles. The number of hydrogen-bond donors (Lipinski definition) is 0. The smallest absolute Gasteiger partial charge is 0.311 e. The van der Waals surface area contributed by atoms with Gasteiger partial charge in [-0.05, 0) is 31.5 Å². The van der Waals surface area contributed by atoms with E-state index < -0.39 is 10.9 Å². The van der Waals surface area contributed by atoms with E-state index in [4.69, 9.17) is 18.9 Å². The summed E-state index contributed by atoms with van der Waals surface area (Å²) in [6.07, 6.45) is 0.499. The molecule has 0 aliphatic carbocycles. The van der Waals surface area contributed by atoms with E-state index in [1.165, 1.54) is 19.2 Å². The molecule has 144 valence electrons. The number of esters is 1. The first-order valence-corrected chi connectivity index (χ1v) is 8.43. The summed E-state index contributed by atoms with van der Waals surface area (Å²) in [5, 5.41) is 10.9. The third-order valence-corrected chi connectivity index (χ3v) is 3.51. The number of carbonyl (C=O) groups excluding carboxylic acids is 1. The van der Waals surface area contributed by atoms with Crippen molar-refractivity contribution in [3.63, 3.8) is 0 Å². The van der Waals surface area contributed by atoms with Crippen LogP contribution in [0.5, 0.6) is 23.0 Å². The van der Waals surface area contributed by atoms with Gasteiger partial charge in [0.15, 0.2) is 23.0 Å². The van der Waals surface area contributed by atoms with Crippen molar-refractivity contribution in [2.45, 2.75) is 19.8 Å². The van der Waals surface area contributed by atoms with Crippen molar-refractivity contribution in [2.24, 2.45) is 0 Å². The molecule has 0 unspecified atom stereocenters. The van der Waals surface area contributed by atoms with Gasteiger partial charge in [-0.2, -0.15) is 0 Å². The Balaban J connectivity index is 1.87. The number of nitrogens with zero attached hydrogens (tertiary/aromatic N) is 1. The number of para-hydroxylation sites is 2. The SMILES string of the molecule is CCOc1ccccc1OCCCC(=O)Oc1cc([N+](=O)[O-])ccc1OC. The summed E-state index contributed by atoms with van der Waals surface area (Å²) >= 11 is 0. The van der Waals surface area contributed by atoms with Gasteiger partial charge in [-0.1, -0.05) is 12.1 Å². The molecule has 2 aromatic carbocycles. The number of nitro groups is 1. The number of non-ortho nitro benzene ring substituents is 1. The molecule has 0 aliphatic heterocycles. The lowest BCUT2D eigenvalue weighted by Crippen LogP contribution is -2.11. The third kappa shape index (κ3) is 5.88. The normalized spacial score (nSPS) is 10.1. The molecule has 0 N–H and O–H groups in total. The Morgan fingerprint density at radius 1 is 1.04 bits per heavy atom. The van der Waals surface area contributed by atoms with Crippen molar-refractivity contribution in [1.82, 2.24) is 0 Å². The number of carbonyl (C=O) groups is 1. The molecule has 0 amide bonds. The number of methoxy groups -OCH3 is 1. The zero-order chi connectivity index (χ0) is 19.6. The van der Waals surface area contributed by atoms with Gasteiger partial charge in [0.1, 0.15) is 0 Å². The molecule has 8 nitrogen and oxygen atoms in total. The van der Waals surface area contributed by atoms with E-state index >= 15 is 0 Å². The molecular formula is C19H21NO7. The van der Waals surface area contributed by atoms with Gasteiger partial charge in [-0.3, -0.25) is 14.9 Å². The second-order valence-electron chi connectivity index (χ2n) is 5.40. The van der Waals surface area contributed by atoms with E-state index in [1.807, 2.05) is 25.1 Å². The Kier molecular flexibility index (Phi) is 7.42. The fourth-order valence-corrected chi connectivity index (χ4v) is 2.28. The van der Waals surface area contributed by atoms with E-state index in [1.54, 1.807) is 6.07 Å². The molecule has 0 aliphatic rings. The van der Waals surface area contributed by atoms with Gasteiger partial charge < -0.3 is 18.9 Å². The average Bonchev–Trinajstić information content (AvgIpc) is 2.66. The van der Waals surface area contributed by atoms with Crippen molar-refractivity contribution in [3.8, 4) is 23.0 Å². The number of ether oxygens (including phenoxy) is 4. The maximum Gasteiger partial charge on any atom is 0.311 e. The van der Waals surface area contributed by atoms with Gasteiger partial charge in [-0.15, -0.1) is 0 Å². The Labute approximate surface area is 156 Å². The lowest BCUT2D eigenvalue weighted by atomic mass is 10.2. The third-order valence-electron chi connectivity index (χ3n) is 3.51. The zero-order valence-corrected chi connectivity index (χ0v) is 15.2. The monoisotopic (exact) mass is 375 g/mol. The topological polar surface area (TPSA) is 97.1 Å². The summed E-state index contributed by atoms with van der Waals surface area (Å²) in [4.78, 5) is 22.3. The highest BCUT2D eigenvalue weighted by Crippen LogP contribution is 2.31.